The lowest BCUT2D eigenvalue weighted by Crippen LogP contribution is -2.34. The zero-order valence-corrected chi connectivity index (χ0v) is 19.2. The lowest BCUT2D eigenvalue weighted by molar-refractivity contribution is -0.128. The van der Waals surface area contributed by atoms with Crippen molar-refractivity contribution in [2.24, 2.45) is 0 Å². The third-order valence-electron chi connectivity index (χ3n) is 5.16. The summed E-state index contributed by atoms with van der Waals surface area (Å²) < 4.78 is 6.84. The molecule has 0 spiro atoms. The Morgan fingerprint density at radius 2 is 1.61 bits per heavy atom. The summed E-state index contributed by atoms with van der Waals surface area (Å²) in [6, 6.07) is 27.7. The Morgan fingerprint density at radius 3 is 2.27 bits per heavy atom. The van der Waals surface area contributed by atoms with Gasteiger partial charge in [0.15, 0.2) is 0 Å². The molecule has 1 heterocycles. The van der Waals surface area contributed by atoms with Crippen LogP contribution in [0, 0.1) is 0 Å². The van der Waals surface area contributed by atoms with E-state index in [0.29, 0.717) is 18.2 Å². The highest BCUT2D eigenvalue weighted by atomic mass is 32.2. The number of hydrogen-bond donors (Lipinski definition) is 0. The first-order chi connectivity index (χ1) is 16.2. The Kier molecular flexibility index (Phi) is 7.71. The average molecular weight is 460 g/mol. The maximum Gasteiger partial charge on any atom is 0.233 e. The molecular formula is C25H25N5O2S. The van der Waals surface area contributed by atoms with Crippen LogP contribution in [0.1, 0.15) is 11.1 Å². The van der Waals surface area contributed by atoms with Gasteiger partial charge in [0.2, 0.25) is 11.1 Å². The number of tetrazole rings is 1. The first kappa shape index (κ1) is 22.5. The Balaban J connectivity index is 1.43. The van der Waals surface area contributed by atoms with E-state index in [1.54, 1.807) is 11.8 Å². The topological polar surface area (TPSA) is 73.1 Å². The molecule has 0 unspecified atom stereocenters. The second-order valence-corrected chi connectivity index (χ2v) is 8.34. The number of benzene rings is 3. The molecule has 0 saturated heterocycles. The van der Waals surface area contributed by atoms with Crippen molar-refractivity contribution >= 4 is 17.7 Å². The summed E-state index contributed by atoms with van der Waals surface area (Å²) in [5.74, 6) is 1.05. The molecule has 0 N–H and O–H groups in total. The van der Waals surface area contributed by atoms with E-state index < -0.39 is 0 Å². The van der Waals surface area contributed by atoms with Crippen molar-refractivity contribution in [1.82, 2.24) is 25.1 Å². The molecule has 33 heavy (non-hydrogen) atoms. The predicted molar refractivity (Wildman–Crippen MR) is 128 cm³/mol. The molecule has 8 heteroatoms. The zero-order chi connectivity index (χ0) is 22.9. The summed E-state index contributed by atoms with van der Waals surface area (Å²) in [6.07, 6.45) is 0.799. The van der Waals surface area contributed by atoms with Crippen molar-refractivity contribution in [3.63, 3.8) is 0 Å². The normalized spacial score (nSPS) is 10.7. The number of hydrogen-bond acceptors (Lipinski definition) is 6. The van der Waals surface area contributed by atoms with Crippen LogP contribution in [0.3, 0.4) is 0 Å². The van der Waals surface area contributed by atoms with E-state index >= 15 is 0 Å². The second-order valence-electron chi connectivity index (χ2n) is 7.40. The average Bonchev–Trinajstić information content (AvgIpc) is 3.35. The highest BCUT2D eigenvalue weighted by molar-refractivity contribution is 7.99. The molecule has 3 aromatic carbocycles. The van der Waals surface area contributed by atoms with Crippen molar-refractivity contribution in [1.29, 1.82) is 0 Å². The van der Waals surface area contributed by atoms with Crippen LogP contribution in [0.15, 0.2) is 90.1 Å². The fraction of sp³-hybridized carbons (Fsp3) is 0.200. The zero-order valence-electron chi connectivity index (χ0n) is 18.4. The molecule has 4 rings (SSSR count). The van der Waals surface area contributed by atoms with Gasteiger partial charge in [0.1, 0.15) is 5.75 Å². The molecule has 0 aliphatic carbocycles. The van der Waals surface area contributed by atoms with E-state index in [4.69, 9.17) is 4.74 Å². The number of thioether (sulfide) groups is 1. The number of rotatable bonds is 10. The number of carbonyl (C=O) groups excluding carboxylic acids is 1. The Bertz CT molecular complexity index is 1150. The highest BCUT2D eigenvalue weighted by Crippen LogP contribution is 2.21. The Morgan fingerprint density at radius 1 is 0.939 bits per heavy atom. The number of ether oxygens (including phenoxy) is 1. The third kappa shape index (κ3) is 6.20. The lowest BCUT2D eigenvalue weighted by atomic mass is 10.1. The fourth-order valence-electron chi connectivity index (χ4n) is 3.38. The van der Waals surface area contributed by atoms with Gasteiger partial charge in [-0.15, -0.1) is 5.10 Å². The van der Waals surface area contributed by atoms with Crippen LogP contribution in [-0.2, 0) is 17.8 Å². The van der Waals surface area contributed by atoms with Crippen LogP contribution in [0.4, 0.5) is 0 Å². The lowest BCUT2D eigenvalue weighted by Gasteiger charge is -2.23. The van der Waals surface area contributed by atoms with Crippen LogP contribution in [0.2, 0.25) is 0 Å². The number of methoxy groups -OCH3 is 1. The van der Waals surface area contributed by atoms with Gasteiger partial charge in [0.05, 0.1) is 18.6 Å². The number of aromatic nitrogens is 4. The molecule has 0 fully saturated rings. The monoisotopic (exact) mass is 459 g/mol. The van der Waals surface area contributed by atoms with Crippen LogP contribution in [-0.4, -0.2) is 50.4 Å². The number of nitrogens with zero attached hydrogens (tertiary/aromatic N) is 5. The Hall–Kier alpha value is -3.65. The highest BCUT2D eigenvalue weighted by Gasteiger charge is 2.17. The molecule has 0 radical (unpaired) electrons. The van der Waals surface area contributed by atoms with E-state index in [0.717, 1.165) is 23.4 Å². The van der Waals surface area contributed by atoms with Crippen LogP contribution < -0.4 is 4.74 Å². The van der Waals surface area contributed by atoms with Gasteiger partial charge >= 0.3 is 0 Å². The van der Waals surface area contributed by atoms with Gasteiger partial charge in [-0.3, -0.25) is 4.79 Å². The predicted octanol–water partition coefficient (Wildman–Crippen LogP) is 4.03. The molecule has 1 aromatic heterocycles. The van der Waals surface area contributed by atoms with E-state index in [2.05, 4.69) is 27.7 Å². The molecular weight excluding hydrogens is 434 g/mol. The summed E-state index contributed by atoms with van der Waals surface area (Å²) >= 11 is 1.33. The van der Waals surface area contributed by atoms with Crippen molar-refractivity contribution in [3.8, 4) is 11.4 Å². The molecule has 4 aromatic rings. The van der Waals surface area contributed by atoms with E-state index in [1.165, 1.54) is 17.3 Å². The van der Waals surface area contributed by atoms with E-state index in [-0.39, 0.29) is 11.7 Å². The molecule has 168 valence electrons. The molecule has 0 aliphatic heterocycles. The first-order valence-corrected chi connectivity index (χ1v) is 11.6. The second kappa shape index (κ2) is 11.3. The molecule has 0 saturated carbocycles. The summed E-state index contributed by atoms with van der Waals surface area (Å²) in [5.41, 5.74) is 3.12. The van der Waals surface area contributed by atoms with Gasteiger partial charge in [0.25, 0.3) is 0 Å². The van der Waals surface area contributed by atoms with Gasteiger partial charge in [-0.1, -0.05) is 72.4 Å². The maximum absolute atomic E-state index is 13.2. The van der Waals surface area contributed by atoms with Crippen LogP contribution >= 0.6 is 11.8 Å². The molecule has 0 atom stereocenters. The van der Waals surface area contributed by atoms with Crippen LogP contribution in [0.5, 0.6) is 5.75 Å². The number of carbonyl (C=O) groups is 1. The summed E-state index contributed by atoms with van der Waals surface area (Å²) in [4.78, 5) is 15.1. The van der Waals surface area contributed by atoms with Gasteiger partial charge in [0, 0.05) is 13.1 Å². The summed E-state index contributed by atoms with van der Waals surface area (Å²) in [7, 11) is 1.62. The third-order valence-corrected chi connectivity index (χ3v) is 6.07. The minimum atomic E-state index is 0.0454. The minimum Gasteiger partial charge on any atom is -0.497 e. The standard InChI is InChI=1S/C25H25N5O2S/c1-32-23-14-12-22(13-15-23)30-25(26-27-28-30)33-19-24(31)29(18-21-10-6-3-7-11-21)17-16-20-8-4-2-5-9-20/h2-15H,16-19H2,1H3. The van der Waals surface area contributed by atoms with E-state index in [9.17, 15) is 4.79 Å². The summed E-state index contributed by atoms with van der Waals surface area (Å²) in [5, 5.41) is 12.5. The van der Waals surface area contributed by atoms with Crippen molar-refractivity contribution in [2.75, 3.05) is 19.4 Å². The molecule has 7 nitrogen and oxygen atoms in total. The first-order valence-electron chi connectivity index (χ1n) is 10.6. The summed E-state index contributed by atoms with van der Waals surface area (Å²) in [6.45, 7) is 1.21. The smallest absolute Gasteiger partial charge is 0.233 e. The van der Waals surface area contributed by atoms with Gasteiger partial charge in [-0.05, 0) is 52.2 Å². The largest absolute Gasteiger partial charge is 0.497 e. The van der Waals surface area contributed by atoms with Crippen molar-refractivity contribution in [2.45, 2.75) is 18.1 Å². The SMILES string of the molecule is COc1ccc(-n2nnnc2SCC(=O)N(CCc2ccccc2)Cc2ccccc2)cc1. The Labute approximate surface area is 197 Å². The van der Waals surface area contributed by atoms with Crippen molar-refractivity contribution in [3.05, 3.63) is 96.1 Å². The molecule has 0 bridgehead atoms. The molecule has 0 aliphatic rings. The number of amides is 1. The van der Waals surface area contributed by atoms with Crippen molar-refractivity contribution < 1.29 is 9.53 Å². The quantitative estimate of drug-likeness (QED) is 0.333. The fourth-order valence-corrected chi connectivity index (χ4v) is 4.17. The van der Waals surface area contributed by atoms with Gasteiger partial charge in [-0.2, -0.15) is 4.68 Å². The maximum atomic E-state index is 13.2. The molecule has 1 amide bonds. The van der Waals surface area contributed by atoms with E-state index in [1.807, 2.05) is 77.7 Å². The van der Waals surface area contributed by atoms with Gasteiger partial charge in [-0.25, -0.2) is 0 Å². The van der Waals surface area contributed by atoms with Crippen LogP contribution in [0.25, 0.3) is 5.69 Å². The van der Waals surface area contributed by atoms with Gasteiger partial charge < -0.3 is 9.64 Å². The minimum absolute atomic E-state index is 0.0454.